The lowest BCUT2D eigenvalue weighted by Crippen LogP contribution is -2.28. The van der Waals surface area contributed by atoms with Crippen molar-refractivity contribution in [3.8, 4) is 0 Å². The predicted molar refractivity (Wildman–Crippen MR) is 179 cm³/mol. The standard InChI is InChI=1S/C37H46N4O/c1-5-9-13-26-30-17-18-31(38-30)27(14-10-6-2)33-21-22-35(40-33)29(16-12-8-4)37-25(24-42)23-36(41-37)28(15-11-7-3)34-20-19-32(26)39-34/h17-24,41-42H,5-16H2,1-4H3. The van der Waals surface area contributed by atoms with E-state index >= 15 is 0 Å². The van der Waals surface area contributed by atoms with Crippen molar-refractivity contribution in [2.24, 2.45) is 15.0 Å². The first-order chi connectivity index (χ1) is 20.6. The molecule has 42 heavy (non-hydrogen) atoms. The van der Waals surface area contributed by atoms with Crippen molar-refractivity contribution < 1.29 is 5.11 Å². The number of allylic oxidation sites excluding steroid dienone is 9. The summed E-state index contributed by atoms with van der Waals surface area (Å²) in [6, 6.07) is 2.09. The molecule has 5 rings (SSSR count). The third-order valence-corrected chi connectivity index (χ3v) is 8.51. The molecule has 5 heteroatoms. The molecule has 1 aromatic rings. The maximum absolute atomic E-state index is 10.4. The minimum absolute atomic E-state index is 0.804. The van der Waals surface area contributed by atoms with Crippen molar-refractivity contribution in [2.75, 3.05) is 0 Å². The van der Waals surface area contributed by atoms with Gasteiger partial charge in [-0.2, -0.15) is 0 Å². The van der Waals surface area contributed by atoms with Crippen molar-refractivity contribution in [2.45, 2.75) is 105 Å². The van der Waals surface area contributed by atoms with E-state index in [9.17, 15) is 5.11 Å². The molecule has 2 N–H and O–H groups in total. The quantitative estimate of drug-likeness (QED) is 0.263. The van der Waals surface area contributed by atoms with Crippen LogP contribution in [0.5, 0.6) is 0 Å². The molecule has 0 spiro atoms. The number of aliphatic hydroxyl groups excluding tert-OH is 1. The largest absolute Gasteiger partial charge is 0.515 e. The number of hydrogen-bond donors (Lipinski definition) is 2. The number of aliphatic imine (C=N–C) groups is 3. The maximum atomic E-state index is 10.4. The van der Waals surface area contributed by atoms with Crippen LogP contribution in [0.3, 0.4) is 0 Å². The average molecular weight is 563 g/mol. The summed E-state index contributed by atoms with van der Waals surface area (Å²) >= 11 is 0. The molecule has 220 valence electrons. The summed E-state index contributed by atoms with van der Waals surface area (Å²) in [5, 5.41) is 12.2. The number of aromatic amines is 1. The molecule has 4 aliphatic rings. The van der Waals surface area contributed by atoms with E-state index in [1.165, 1.54) is 23.0 Å². The zero-order valence-electron chi connectivity index (χ0n) is 25.9. The first kappa shape index (κ1) is 29.8. The molecule has 0 radical (unpaired) electrons. The number of aliphatic hydroxyl groups is 1. The molecule has 0 fully saturated rings. The Morgan fingerprint density at radius 2 is 0.976 bits per heavy atom. The van der Waals surface area contributed by atoms with Gasteiger partial charge < -0.3 is 10.1 Å². The van der Waals surface area contributed by atoms with Crippen LogP contribution in [0, 0.1) is 0 Å². The fraction of sp³-hybridized carbons (Fsp3) is 0.432. The topological polar surface area (TPSA) is 73.1 Å². The van der Waals surface area contributed by atoms with Gasteiger partial charge in [0.2, 0.25) is 0 Å². The van der Waals surface area contributed by atoms with Gasteiger partial charge in [0.05, 0.1) is 45.8 Å². The summed E-state index contributed by atoms with van der Waals surface area (Å²) in [4.78, 5) is 19.5. The second-order valence-corrected chi connectivity index (χ2v) is 11.6. The minimum atomic E-state index is 0.804. The Morgan fingerprint density at radius 1 is 0.571 bits per heavy atom. The Morgan fingerprint density at radius 3 is 1.43 bits per heavy atom. The van der Waals surface area contributed by atoms with Crippen molar-refractivity contribution in [3.05, 3.63) is 87.0 Å². The van der Waals surface area contributed by atoms with Crippen molar-refractivity contribution in [1.82, 2.24) is 4.98 Å². The first-order valence-corrected chi connectivity index (χ1v) is 16.2. The van der Waals surface area contributed by atoms with Gasteiger partial charge in [0.1, 0.15) is 0 Å². The zero-order chi connectivity index (χ0) is 29.5. The molecule has 4 aliphatic heterocycles. The number of hydrogen-bond acceptors (Lipinski definition) is 4. The molecular formula is C37H46N4O. The highest BCUT2D eigenvalue weighted by atomic mass is 16.2. The van der Waals surface area contributed by atoms with Gasteiger partial charge in [-0.15, -0.1) is 0 Å². The summed E-state index contributed by atoms with van der Waals surface area (Å²) in [5.74, 6) is 0. The molecular weight excluding hydrogens is 516 g/mol. The minimum Gasteiger partial charge on any atom is -0.515 e. The van der Waals surface area contributed by atoms with E-state index in [0.29, 0.717) is 0 Å². The third-order valence-electron chi connectivity index (χ3n) is 8.51. The van der Waals surface area contributed by atoms with Crippen LogP contribution < -0.4 is 10.6 Å². The summed E-state index contributed by atoms with van der Waals surface area (Å²) in [6.07, 6.45) is 26.7. The smallest absolute Gasteiger partial charge is 0.0885 e. The molecule has 0 unspecified atom stereocenters. The van der Waals surface area contributed by atoms with Gasteiger partial charge in [0.25, 0.3) is 0 Å². The second kappa shape index (κ2) is 14.0. The van der Waals surface area contributed by atoms with Crippen LogP contribution in [0.25, 0.3) is 17.4 Å². The SMILES string of the molecule is CCCCC1=C2C=CC(=N2)C(CCCC)=C2C=CC(=N2)C(CCCC)=c2[nH]c(cc2=CO)C(CCCC)=C2C=CC1=N2. The Hall–Kier alpha value is -3.73. The highest BCUT2D eigenvalue weighted by Gasteiger charge is 2.23. The summed E-state index contributed by atoms with van der Waals surface area (Å²) in [7, 11) is 0. The molecule has 8 bridgehead atoms. The second-order valence-electron chi connectivity index (χ2n) is 11.6. The van der Waals surface area contributed by atoms with Crippen molar-refractivity contribution in [3.63, 3.8) is 0 Å². The maximum Gasteiger partial charge on any atom is 0.0885 e. The van der Waals surface area contributed by atoms with Crippen molar-refractivity contribution in [1.29, 1.82) is 0 Å². The van der Waals surface area contributed by atoms with E-state index in [1.807, 2.05) is 0 Å². The number of H-pyrrole nitrogens is 1. The van der Waals surface area contributed by atoms with Crippen LogP contribution in [0.4, 0.5) is 0 Å². The lowest BCUT2D eigenvalue weighted by Gasteiger charge is -2.11. The van der Waals surface area contributed by atoms with Crippen LogP contribution in [0.2, 0.25) is 0 Å². The average Bonchev–Trinajstić information content (AvgIpc) is 3.82. The Balaban J connectivity index is 1.83. The lowest BCUT2D eigenvalue weighted by molar-refractivity contribution is 0.540. The normalized spacial score (nSPS) is 18.2. The summed E-state index contributed by atoms with van der Waals surface area (Å²) < 4.78 is 0. The van der Waals surface area contributed by atoms with Crippen molar-refractivity contribution >= 4 is 34.5 Å². The van der Waals surface area contributed by atoms with Gasteiger partial charge in [-0.25, -0.2) is 15.0 Å². The molecule has 5 nitrogen and oxygen atoms in total. The highest BCUT2D eigenvalue weighted by Crippen LogP contribution is 2.33. The van der Waals surface area contributed by atoms with E-state index in [0.717, 1.165) is 133 Å². The van der Waals surface area contributed by atoms with Crippen LogP contribution in [-0.2, 0) is 0 Å². The molecule has 1 aromatic heterocycles. The van der Waals surface area contributed by atoms with E-state index in [-0.39, 0.29) is 0 Å². The van der Waals surface area contributed by atoms with E-state index < -0.39 is 0 Å². The number of rotatable bonds is 12. The number of fused-ring (bicyclic) bond motifs is 5. The monoisotopic (exact) mass is 562 g/mol. The molecule has 0 aromatic carbocycles. The number of aromatic nitrogens is 1. The zero-order valence-corrected chi connectivity index (χ0v) is 25.9. The fourth-order valence-electron chi connectivity index (χ4n) is 6.05. The van der Waals surface area contributed by atoms with E-state index in [2.05, 4.69) is 75.2 Å². The van der Waals surface area contributed by atoms with Crippen LogP contribution in [0.1, 0.15) is 110 Å². The summed E-state index contributed by atoms with van der Waals surface area (Å²) in [6.45, 7) is 8.91. The fourth-order valence-corrected chi connectivity index (χ4v) is 6.05. The van der Waals surface area contributed by atoms with E-state index in [1.54, 1.807) is 0 Å². The highest BCUT2D eigenvalue weighted by molar-refractivity contribution is 6.26. The van der Waals surface area contributed by atoms with Gasteiger partial charge in [-0.3, -0.25) is 0 Å². The van der Waals surface area contributed by atoms with Crippen LogP contribution in [0.15, 0.2) is 85.7 Å². The molecule has 0 saturated heterocycles. The Kier molecular flexibility index (Phi) is 9.89. The molecule has 0 aliphatic carbocycles. The number of nitrogens with one attached hydrogen (secondary N) is 1. The van der Waals surface area contributed by atoms with E-state index in [4.69, 9.17) is 15.0 Å². The number of unbranched alkanes of at least 4 members (excludes halogenated alkanes) is 4. The lowest BCUT2D eigenvalue weighted by atomic mass is 10.0. The first-order valence-electron chi connectivity index (χ1n) is 16.2. The molecule has 0 atom stereocenters. The summed E-state index contributed by atoms with van der Waals surface area (Å²) in [5.41, 5.74) is 11.8. The molecule has 0 amide bonds. The number of nitrogens with zero attached hydrogens (tertiary/aromatic N) is 3. The Labute approximate surface area is 251 Å². The Bertz CT molecular complexity index is 1610. The van der Waals surface area contributed by atoms with Gasteiger partial charge in [0, 0.05) is 33.2 Å². The van der Waals surface area contributed by atoms with Gasteiger partial charge in [0.15, 0.2) is 0 Å². The van der Waals surface area contributed by atoms with Crippen LogP contribution >= 0.6 is 0 Å². The molecule has 5 heterocycles. The van der Waals surface area contributed by atoms with Gasteiger partial charge in [-0.1, -0.05) is 53.4 Å². The van der Waals surface area contributed by atoms with Gasteiger partial charge >= 0.3 is 0 Å². The third kappa shape index (κ3) is 6.21. The van der Waals surface area contributed by atoms with Crippen LogP contribution in [-0.4, -0.2) is 27.2 Å². The molecule has 0 saturated carbocycles. The van der Waals surface area contributed by atoms with Gasteiger partial charge in [-0.05, 0) is 93.9 Å². The predicted octanol–water partition coefficient (Wildman–Crippen LogP) is 8.49.